The molecule has 0 saturated heterocycles. The minimum atomic E-state index is -0.281. The van der Waals surface area contributed by atoms with Crippen molar-refractivity contribution in [1.29, 1.82) is 0 Å². The third kappa shape index (κ3) is 3.54. The quantitative estimate of drug-likeness (QED) is 0.460. The summed E-state index contributed by atoms with van der Waals surface area (Å²) >= 11 is 3.46. The molecular formula is C20H15BrN4O2. The molecule has 2 heterocycles. The van der Waals surface area contributed by atoms with Crippen LogP contribution in [0, 0.1) is 6.92 Å². The first-order chi connectivity index (χ1) is 13.0. The van der Waals surface area contributed by atoms with Gasteiger partial charge >= 0.3 is 5.69 Å². The van der Waals surface area contributed by atoms with Gasteiger partial charge in [-0.1, -0.05) is 28.1 Å². The van der Waals surface area contributed by atoms with Crippen molar-refractivity contribution < 1.29 is 4.79 Å². The SMILES string of the molecule is Cc1nc(-c2cccc(Br)c2)ccc1C(=O)Nc1ccc2[nH]c(=O)[nH]c2c1. The summed E-state index contributed by atoms with van der Waals surface area (Å²) in [5.74, 6) is -0.252. The molecule has 4 rings (SSSR count). The summed E-state index contributed by atoms with van der Waals surface area (Å²) < 4.78 is 0.972. The Kier molecular flexibility index (Phi) is 4.37. The molecule has 6 nitrogen and oxygen atoms in total. The number of benzene rings is 2. The number of carbonyl (C=O) groups excluding carboxylic acids is 1. The van der Waals surface area contributed by atoms with Gasteiger partial charge in [0.2, 0.25) is 0 Å². The Hall–Kier alpha value is -3.19. The number of hydrogen-bond acceptors (Lipinski definition) is 3. The molecule has 0 fully saturated rings. The van der Waals surface area contributed by atoms with E-state index >= 15 is 0 Å². The largest absolute Gasteiger partial charge is 0.323 e. The molecule has 0 atom stereocenters. The Morgan fingerprint density at radius 1 is 1.04 bits per heavy atom. The normalized spacial score (nSPS) is 10.9. The van der Waals surface area contributed by atoms with Crippen molar-refractivity contribution in [2.24, 2.45) is 0 Å². The van der Waals surface area contributed by atoms with Crippen molar-refractivity contribution in [3.63, 3.8) is 0 Å². The number of imidazole rings is 1. The lowest BCUT2D eigenvalue weighted by atomic mass is 10.1. The Bertz CT molecular complexity index is 1230. The first-order valence-corrected chi connectivity index (χ1v) is 9.06. The number of nitrogens with one attached hydrogen (secondary N) is 3. The molecule has 0 bridgehead atoms. The molecule has 0 saturated carbocycles. The summed E-state index contributed by atoms with van der Waals surface area (Å²) in [6.45, 7) is 1.81. The maximum Gasteiger partial charge on any atom is 0.323 e. The summed E-state index contributed by atoms with van der Waals surface area (Å²) in [5.41, 5.74) is 4.55. The number of fused-ring (bicyclic) bond motifs is 1. The molecule has 0 aliphatic rings. The Morgan fingerprint density at radius 3 is 2.63 bits per heavy atom. The van der Waals surface area contributed by atoms with Gasteiger partial charge in [-0.3, -0.25) is 9.78 Å². The van der Waals surface area contributed by atoms with E-state index in [0.29, 0.717) is 28.0 Å². The highest BCUT2D eigenvalue weighted by molar-refractivity contribution is 9.10. The fourth-order valence-electron chi connectivity index (χ4n) is 2.92. The van der Waals surface area contributed by atoms with Crippen molar-refractivity contribution in [2.75, 3.05) is 5.32 Å². The summed E-state index contributed by atoms with van der Waals surface area (Å²) in [6, 6.07) is 16.6. The van der Waals surface area contributed by atoms with E-state index in [1.54, 1.807) is 24.3 Å². The van der Waals surface area contributed by atoms with Crippen LogP contribution < -0.4 is 11.0 Å². The lowest BCUT2D eigenvalue weighted by molar-refractivity contribution is 0.102. The standard InChI is InChI=1S/C20H15BrN4O2/c1-11-15(6-8-16(22-11)12-3-2-4-13(21)9-12)19(26)23-14-5-7-17-18(10-14)25-20(27)24-17/h2-10H,1H3,(H,23,26)(H2,24,25,27). The lowest BCUT2D eigenvalue weighted by Gasteiger charge is -2.09. The molecule has 2 aromatic carbocycles. The van der Waals surface area contributed by atoms with E-state index in [1.807, 2.05) is 37.3 Å². The number of rotatable bonds is 3. The van der Waals surface area contributed by atoms with Gasteiger partial charge in [0.1, 0.15) is 0 Å². The smallest absolute Gasteiger partial charge is 0.322 e. The molecule has 2 aromatic heterocycles. The number of hydrogen-bond donors (Lipinski definition) is 3. The van der Waals surface area contributed by atoms with Crippen LogP contribution >= 0.6 is 15.9 Å². The molecule has 4 aromatic rings. The number of aromatic amines is 2. The van der Waals surface area contributed by atoms with E-state index in [2.05, 4.69) is 36.2 Å². The second kappa shape index (κ2) is 6.85. The van der Waals surface area contributed by atoms with Gasteiger partial charge in [0, 0.05) is 15.7 Å². The monoisotopic (exact) mass is 422 g/mol. The van der Waals surface area contributed by atoms with Crippen LogP contribution in [0.15, 0.2) is 63.9 Å². The highest BCUT2D eigenvalue weighted by atomic mass is 79.9. The number of halogens is 1. The maximum atomic E-state index is 12.6. The van der Waals surface area contributed by atoms with E-state index in [-0.39, 0.29) is 11.6 Å². The van der Waals surface area contributed by atoms with Gasteiger partial charge in [0.15, 0.2) is 0 Å². The highest BCUT2D eigenvalue weighted by Gasteiger charge is 2.12. The topological polar surface area (TPSA) is 90.6 Å². The third-order valence-corrected chi connectivity index (χ3v) is 4.72. The minimum Gasteiger partial charge on any atom is -0.322 e. The van der Waals surface area contributed by atoms with E-state index in [0.717, 1.165) is 15.7 Å². The predicted octanol–water partition coefficient (Wildman–Crippen LogP) is 4.24. The van der Waals surface area contributed by atoms with Crippen molar-refractivity contribution in [3.8, 4) is 11.3 Å². The summed E-state index contributed by atoms with van der Waals surface area (Å²) in [6.07, 6.45) is 0. The second-order valence-corrected chi connectivity index (χ2v) is 7.05. The minimum absolute atomic E-state index is 0.252. The van der Waals surface area contributed by atoms with Crippen LogP contribution in [0.1, 0.15) is 16.1 Å². The average Bonchev–Trinajstić information content (AvgIpc) is 3.00. The Morgan fingerprint density at radius 2 is 1.85 bits per heavy atom. The number of carbonyl (C=O) groups is 1. The first-order valence-electron chi connectivity index (χ1n) is 8.26. The molecule has 0 unspecified atom stereocenters. The third-order valence-electron chi connectivity index (χ3n) is 4.22. The second-order valence-electron chi connectivity index (χ2n) is 6.13. The zero-order chi connectivity index (χ0) is 19.0. The molecule has 27 heavy (non-hydrogen) atoms. The Balaban J connectivity index is 1.60. The zero-order valence-electron chi connectivity index (χ0n) is 14.3. The van der Waals surface area contributed by atoms with Gasteiger partial charge in [-0.05, 0) is 49.4 Å². The van der Waals surface area contributed by atoms with Crippen LogP contribution in [-0.2, 0) is 0 Å². The van der Waals surface area contributed by atoms with Gasteiger partial charge in [0.25, 0.3) is 5.91 Å². The van der Waals surface area contributed by atoms with E-state index in [4.69, 9.17) is 0 Å². The lowest BCUT2D eigenvalue weighted by Crippen LogP contribution is -2.14. The van der Waals surface area contributed by atoms with Gasteiger partial charge in [-0.2, -0.15) is 0 Å². The number of H-pyrrole nitrogens is 2. The maximum absolute atomic E-state index is 12.6. The molecule has 7 heteroatoms. The van der Waals surface area contributed by atoms with E-state index in [9.17, 15) is 9.59 Å². The molecule has 0 radical (unpaired) electrons. The van der Waals surface area contributed by atoms with Crippen molar-refractivity contribution in [2.45, 2.75) is 6.92 Å². The molecule has 0 aliphatic carbocycles. The van der Waals surface area contributed by atoms with Crippen molar-refractivity contribution in [1.82, 2.24) is 15.0 Å². The van der Waals surface area contributed by atoms with Crippen LogP contribution in [0.5, 0.6) is 0 Å². The number of amides is 1. The average molecular weight is 423 g/mol. The molecule has 3 N–H and O–H groups in total. The van der Waals surface area contributed by atoms with E-state index < -0.39 is 0 Å². The molecule has 1 amide bonds. The van der Waals surface area contributed by atoms with Gasteiger partial charge < -0.3 is 15.3 Å². The number of nitrogens with zero attached hydrogens (tertiary/aromatic N) is 1. The number of aryl methyl sites for hydroxylation is 1. The van der Waals surface area contributed by atoms with E-state index in [1.165, 1.54) is 0 Å². The van der Waals surface area contributed by atoms with Crippen LogP contribution in [0.25, 0.3) is 22.3 Å². The zero-order valence-corrected chi connectivity index (χ0v) is 15.9. The highest BCUT2D eigenvalue weighted by Crippen LogP contribution is 2.23. The van der Waals surface area contributed by atoms with Gasteiger partial charge in [-0.15, -0.1) is 0 Å². The summed E-state index contributed by atoms with van der Waals surface area (Å²) in [4.78, 5) is 33.9. The number of anilines is 1. The predicted molar refractivity (Wildman–Crippen MR) is 109 cm³/mol. The number of pyridine rings is 1. The van der Waals surface area contributed by atoms with Crippen molar-refractivity contribution in [3.05, 3.63) is 80.8 Å². The van der Waals surface area contributed by atoms with Gasteiger partial charge in [-0.25, -0.2) is 4.79 Å². The fraction of sp³-hybridized carbons (Fsp3) is 0.0500. The van der Waals surface area contributed by atoms with Gasteiger partial charge in [0.05, 0.1) is 28.0 Å². The molecule has 0 aliphatic heterocycles. The summed E-state index contributed by atoms with van der Waals surface area (Å²) in [5, 5.41) is 2.85. The fourth-order valence-corrected chi connectivity index (χ4v) is 3.32. The summed E-state index contributed by atoms with van der Waals surface area (Å²) in [7, 11) is 0. The molecule has 134 valence electrons. The van der Waals surface area contributed by atoms with Crippen LogP contribution in [-0.4, -0.2) is 20.9 Å². The number of aromatic nitrogens is 3. The Labute approximate surface area is 162 Å². The van der Waals surface area contributed by atoms with Crippen LogP contribution in [0.4, 0.5) is 5.69 Å². The molecular weight excluding hydrogens is 408 g/mol. The van der Waals surface area contributed by atoms with Crippen molar-refractivity contribution >= 4 is 38.6 Å². The first kappa shape index (κ1) is 17.2. The molecule has 0 spiro atoms. The van der Waals surface area contributed by atoms with Crippen LogP contribution in [0.2, 0.25) is 0 Å². The van der Waals surface area contributed by atoms with Crippen LogP contribution in [0.3, 0.4) is 0 Å².